The Kier molecular flexibility index (Phi) is 6.16. The number of primary amides is 1. The minimum Gasteiger partial charge on any atom is -0.366 e. The Balaban J connectivity index is 1.69. The van der Waals surface area contributed by atoms with E-state index in [0.717, 1.165) is 31.5 Å². The molecule has 2 aromatic carbocycles. The maximum Gasteiger partial charge on any atom is 0.248 e. The van der Waals surface area contributed by atoms with E-state index >= 15 is 0 Å². The molecular weight excluding hydrogens is 272 g/mol. The van der Waals surface area contributed by atoms with Crippen molar-refractivity contribution in [3.05, 3.63) is 71.3 Å². The molecule has 1 amide bonds. The van der Waals surface area contributed by atoms with Gasteiger partial charge in [0.25, 0.3) is 0 Å². The van der Waals surface area contributed by atoms with Crippen molar-refractivity contribution in [3.8, 4) is 0 Å². The minimum atomic E-state index is -0.369. The summed E-state index contributed by atoms with van der Waals surface area (Å²) in [4.78, 5) is 11.1. The van der Waals surface area contributed by atoms with Gasteiger partial charge in [0.1, 0.15) is 0 Å². The highest BCUT2D eigenvalue weighted by molar-refractivity contribution is 5.92. The third-order valence-corrected chi connectivity index (χ3v) is 3.92. The van der Waals surface area contributed by atoms with Crippen LogP contribution in [0.5, 0.6) is 0 Å². The lowest BCUT2D eigenvalue weighted by atomic mass is 9.98. The van der Waals surface area contributed by atoms with Crippen LogP contribution in [0, 0.1) is 0 Å². The number of benzene rings is 2. The van der Waals surface area contributed by atoms with Crippen LogP contribution in [0.25, 0.3) is 0 Å². The van der Waals surface area contributed by atoms with Crippen LogP contribution in [-0.2, 0) is 6.42 Å². The Bertz CT molecular complexity index is 595. The highest BCUT2D eigenvalue weighted by atomic mass is 16.1. The summed E-state index contributed by atoms with van der Waals surface area (Å²) in [5, 5.41) is 3.47. The zero-order valence-corrected chi connectivity index (χ0v) is 13.1. The van der Waals surface area contributed by atoms with Crippen molar-refractivity contribution in [1.29, 1.82) is 0 Å². The summed E-state index contributed by atoms with van der Waals surface area (Å²) in [6.07, 6.45) is 2.02. The van der Waals surface area contributed by atoms with Crippen LogP contribution in [0.4, 0.5) is 0 Å². The molecule has 0 aliphatic carbocycles. The predicted octanol–water partition coefficient (Wildman–Crippen LogP) is 3.11. The highest BCUT2D eigenvalue weighted by Gasteiger charge is 2.04. The van der Waals surface area contributed by atoms with Gasteiger partial charge in [-0.1, -0.05) is 49.4 Å². The summed E-state index contributed by atoms with van der Waals surface area (Å²) in [6, 6.07) is 18.1. The average molecular weight is 296 g/mol. The first-order chi connectivity index (χ1) is 10.7. The monoisotopic (exact) mass is 296 g/mol. The number of nitrogens with two attached hydrogens (primary N) is 1. The molecule has 2 aromatic rings. The van der Waals surface area contributed by atoms with Crippen molar-refractivity contribution in [1.82, 2.24) is 5.32 Å². The van der Waals surface area contributed by atoms with Crippen LogP contribution in [0.1, 0.15) is 40.7 Å². The second-order valence-electron chi connectivity index (χ2n) is 5.67. The average Bonchev–Trinajstić information content (AvgIpc) is 2.55. The van der Waals surface area contributed by atoms with Gasteiger partial charge in [0.05, 0.1) is 0 Å². The van der Waals surface area contributed by atoms with Gasteiger partial charge in [0.2, 0.25) is 5.91 Å². The van der Waals surface area contributed by atoms with Crippen LogP contribution in [0.2, 0.25) is 0 Å². The standard InChI is InChI=1S/C19H24N2O/c1-15(17-7-3-2-4-8-17)10-12-21-13-11-16-6-5-9-18(14-16)19(20)22/h2-9,14-15,21H,10-13H2,1H3,(H2,20,22). The van der Waals surface area contributed by atoms with E-state index in [1.165, 1.54) is 5.56 Å². The maximum atomic E-state index is 11.1. The summed E-state index contributed by atoms with van der Waals surface area (Å²) < 4.78 is 0. The summed E-state index contributed by atoms with van der Waals surface area (Å²) in [6.45, 7) is 4.16. The fourth-order valence-corrected chi connectivity index (χ4v) is 2.50. The largest absolute Gasteiger partial charge is 0.366 e. The van der Waals surface area contributed by atoms with E-state index in [1.807, 2.05) is 18.2 Å². The first kappa shape index (κ1) is 16.2. The third-order valence-electron chi connectivity index (χ3n) is 3.92. The summed E-state index contributed by atoms with van der Waals surface area (Å²) in [5.74, 6) is 0.193. The van der Waals surface area contributed by atoms with E-state index < -0.39 is 0 Å². The first-order valence-corrected chi connectivity index (χ1v) is 7.81. The number of hydrogen-bond donors (Lipinski definition) is 2. The van der Waals surface area contributed by atoms with Crippen molar-refractivity contribution in [3.63, 3.8) is 0 Å². The number of carbonyl (C=O) groups is 1. The summed E-state index contributed by atoms with van der Waals surface area (Å²) in [7, 11) is 0. The first-order valence-electron chi connectivity index (χ1n) is 7.81. The van der Waals surface area contributed by atoms with Gasteiger partial charge in [0.15, 0.2) is 0 Å². The van der Waals surface area contributed by atoms with Crippen molar-refractivity contribution >= 4 is 5.91 Å². The lowest BCUT2D eigenvalue weighted by molar-refractivity contribution is 0.1000. The zero-order valence-electron chi connectivity index (χ0n) is 13.1. The van der Waals surface area contributed by atoms with E-state index in [2.05, 4.69) is 42.6 Å². The number of amides is 1. The van der Waals surface area contributed by atoms with E-state index in [1.54, 1.807) is 6.07 Å². The molecule has 1 atom stereocenters. The fraction of sp³-hybridized carbons (Fsp3) is 0.316. The molecule has 0 spiro atoms. The van der Waals surface area contributed by atoms with Gasteiger partial charge in [-0.05, 0) is 55.1 Å². The van der Waals surface area contributed by atoms with Crippen LogP contribution >= 0.6 is 0 Å². The lowest BCUT2D eigenvalue weighted by Gasteiger charge is -2.12. The zero-order chi connectivity index (χ0) is 15.8. The van der Waals surface area contributed by atoms with Crippen LogP contribution in [0.15, 0.2) is 54.6 Å². The minimum absolute atomic E-state index is 0.369. The second-order valence-corrected chi connectivity index (χ2v) is 5.67. The van der Waals surface area contributed by atoms with Gasteiger partial charge in [-0.15, -0.1) is 0 Å². The molecule has 3 heteroatoms. The van der Waals surface area contributed by atoms with Crippen LogP contribution in [-0.4, -0.2) is 19.0 Å². The SMILES string of the molecule is CC(CCNCCc1cccc(C(N)=O)c1)c1ccccc1. The number of nitrogens with one attached hydrogen (secondary N) is 1. The van der Waals surface area contributed by atoms with Gasteiger partial charge >= 0.3 is 0 Å². The predicted molar refractivity (Wildman–Crippen MR) is 91.0 cm³/mol. The van der Waals surface area contributed by atoms with Crippen LogP contribution < -0.4 is 11.1 Å². The van der Waals surface area contributed by atoms with Gasteiger partial charge in [0, 0.05) is 5.56 Å². The summed E-state index contributed by atoms with van der Waals surface area (Å²) >= 11 is 0. The Morgan fingerprint density at radius 3 is 2.59 bits per heavy atom. The number of carbonyl (C=O) groups excluding carboxylic acids is 1. The molecule has 0 aliphatic rings. The van der Waals surface area contributed by atoms with Crippen LogP contribution in [0.3, 0.4) is 0 Å². The van der Waals surface area contributed by atoms with Crippen molar-refractivity contribution in [2.24, 2.45) is 5.73 Å². The Morgan fingerprint density at radius 1 is 1.09 bits per heavy atom. The molecular formula is C19H24N2O. The van der Waals surface area contributed by atoms with Crippen molar-refractivity contribution in [2.45, 2.75) is 25.7 Å². The molecule has 3 N–H and O–H groups in total. The molecule has 0 aliphatic heterocycles. The van der Waals surface area contributed by atoms with Gasteiger partial charge in [-0.25, -0.2) is 0 Å². The molecule has 0 saturated heterocycles. The van der Waals surface area contributed by atoms with Gasteiger partial charge in [-0.2, -0.15) is 0 Å². The Labute approximate surface area is 132 Å². The molecule has 0 aromatic heterocycles. The van der Waals surface area contributed by atoms with Crippen molar-refractivity contribution < 1.29 is 4.79 Å². The fourth-order valence-electron chi connectivity index (χ4n) is 2.50. The van der Waals surface area contributed by atoms with E-state index in [0.29, 0.717) is 11.5 Å². The summed E-state index contributed by atoms with van der Waals surface area (Å²) in [5.41, 5.74) is 8.40. The van der Waals surface area contributed by atoms with E-state index in [-0.39, 0.29) is 5.91 Å². The lowest BCUT2D eigenvalue weighted by Crippen LogP contribution is -2.20. The molecule has 0 radical (unpaired) electrons. The molecule has 2 rings (SSSR count). The van der Waals surface area contributed by atoms with Crippen molar-refractivity contribution in [2.75, 3.05) is 13.1 Å². The van der Waals surface area contributed by atoms with Gasteiger partial charge < -0.3 is 11.1 Å². The Morgan fingerprint density at radius 2 is 1.86 bits per heavy atom. The molecule has 22 heavy (non-hydrogen) atoms. The molecule has 3 nitrogen and oxygen atoms in total. The molecule has 0 saturated carbocycles. The third kappa shape index (κ3) is 5.01. The second kappa shape index (κ2) is 8.35. The number of rotatable bonds is 8. The molecule has 0 heterocycles. The smallest absolute Gasteiger partial charge is 0.248 e. The topological polar surface area (TPSA) is 55.1 Å². The molecule has 0 bridgehead atoms. The van der Waals surface area contributed by atoms with E-state index in [4.69, 9.17) is 5.73 Å². The molecule has 1 unspecified atom stereocenters. The van der Waals surface area contributed by atoms with E-state index in [9.17, 15) is 4.79 Å². The molecule has 116 valence electrons. The normalized spacial score (nSPS) is 12.0. The van der Waals surface area contributed by atoms with Gasteiger partial charge in [-0.3, -0.25) is 4.79 Å². The maximum absolute atomic E-state index is 11.1. The highest BCUT2D eigenvalue weighted by Crippen LogP contribution is 2.17. The number of hydrogen-bond acceptors (Lipinski definition) is 2. The quantitative estimate of drug-likeness (QED) is 0.735. The Hall–Kier alpha value is -2.13. The molecule has 0 fully saturated rings.